The zero-order chi connectivity index (χ0) is 18.1. The summed E-state index contributed by atoms with van der Waals surface area (Å²) in [6, 6.07) is 5.70. The highest BCUT2D eigenvalue weighted by molar-refractivity contribution is 5.92. The van der Waals surface area contributed by atoms with Gasteiger partial charge in [0.25, 0.3) is 5.91 Å². The second-order valence-corrected chi connectivity index (χ2v) is 6.56. The van der Waals surface area contributed by atoms with Gasteiger partial charge < -0.3 is 14.0 Å². The molecule has 1 aliphatic rings. The van der Waals surface area contributed by atoms with Gasteiger partial charge in [-0.2, -0.15) is 10.1 Å². The number of likely N-dealkylation sites (tertiary alicyclic amines) is 1. The molecule has 4 rings (SSSR count). The third kappa shape index (κ3) is 2.91. The van der Waals surface area contributed by atoms with E-state index in [2.05, 4.69) is 15.2 Å². The average Bonchev–Trinajstić information content (AvgIpc) is 3.41. The quantitative estimate of drug-likeness (QED) is 0.718. The van der Waals surface area contributed by atoms with E-state index in [1.807, 2.05) is 41.8 Å². The predicted octanol–water partition coefficient (Wildman–Crippen LogP) is 2.31. The predicted molar refractivity (Wildman–Crippen MR) is 94.5 cm³/mol. The van der Waals surface area contributed by atoms with E-state index in [-0.39, 0.29) is 11.8 Å². The molecule has 3 aromatic rings. The maximum atomic E-state index is 12.7. The molecule has 0 aliphatic carbocycles. The molecule has 0 spiro atoms. The molecule has 26 heavy (non-hydrogen) atoms. The van der Waals surface area contributed by atoms with Gasteiger partial charge in [0, 0.05) is 45.0 Å². The number of amides is 1. The molecule has 1 aliphatic heterocycles. The van der Waals surface area contributed by atoms with Crippen LogP contribution in [0.1, 0.15) is 42.1 Å². The van der Waals surface area contributed by atoms with E-state index in [0.717, 1.165) is 18.5 Å². The fraction of sp³-hybridized carbons (Fsp3) is 0.444. The Bertz CT molecular complexity index is 900. The average molecular weight is 354 g/mol. The van der Waals surface area contributed by atoms with Crippen molar-refractivity contribution in [1.29, 1.82) is 0 Å². The molecule has 0 atom stereocenters. The molecule has 0 radical (unpaired) electrons. The number of aryl methyl sites for hydroxylation is 2. The fourth-order valence-corrected chi connectivity index (χ4v) is 3.46. The molecule has 0 aromatic carbocycles. The standard InChI is InChI=1S/C18H22N6O2/c1-3-24-15(6-9-19-24)18(25)23-11-7-13(8-12-23)17-20-16(21-26-17)14-5-4-10-22(14)2/h4-6,9-10,13H,3,7-8,11-12H2,1-2H3. The molecule has 136 valence electrons. The van der Waals surface area contributed by atoms with E-state index >= 15 is 0 Å². The van der Waals surface area contributed by atoms with Gasteiger partial charge in [0.05, 0.1) is 5.69 Å². The number of carbonyl (C=O) groups is 1. The zero-order valence-corrected chi connectivity index (χ0v) is 15.0. The molecular formula is C18H22N6O2. The van der Waals surface area contributed by atoms with E-state index in [0.29, 0.717) is 37.0 Å². The lowest BCUT2D eigenvalue weighted by atomic mass is 9.96. The second kappa shape index (κ2) is 6.78. The van der Waals surface area contributed by atoms with Crippen LogP contribution < -0.4 is 0 Å². The minimum atomic E-state index is 0.0397. The summed E-state index contributed by atoms with van der Waals surface area (Å²) in [4.78, 5) is 19.1. The first kappa shape index (κ1) is 16.6. The molecule has 1 fully saturated rings. The van der Waals surface area contributed by atoms with Crippen molar-refractivity contribution in [1.82, 2.24) is 29.4 Å². The Kier molecular flexibility index (Phi) is 4.32. The van der Waals surface area contributed by atoms with E-state index in [1.54, 1.807) is 16.9 Å². The molecule has 8 heteroatoms. The van der Waals surface area contributed by atoms with Crippen LogP contribution in [0.3, 0.4) is 0 Å². The molecule has 4 heterocycles. The van der Waals surface area contributed by atoms with Crippen LogP contribution in [-0.2, 0) is 13.6 Å². The third-order valence-electron chi connectivity index (χ3n) is 4.98. The van der Waals surface area contributed by atoms with Crippen LogP contribution in [0.2, 0.25) is 0 Å². The Balaban J connectivity index is 1.42. The number of piperidine rings is 1. The van der Waals surface area contributed by atoms with Crippen molar-refractivity contribution >= 4 is 5.91 Å². The van der Waals surface area contributed by atoms with Gasteiger partial charge in [0.2, 0.25) is 11.7 Å². The van der Waals surface area contributed by atoms with Gasteiger partial charge >= 0.3 is 0 Å². The highest BCUT2D eigenvalue weighted by Gasteiger charge is 2.29. The summed E-state index contributed by atoms with van der Waals surface area (Å²) < 4.78 is 9.20. The van der Waals surface area contributed by atoms with Crippen LogP contribution in [0.15, 0.2) is 35.1 Å². The summed E-state index contributed by atoms with van der Waals surface area (Å²) in [5.74, 6) is 1.50. The lowest BCUT2D eigenvalue weighted by Crippen LogP contribution is -2.39. The summed E-state index contributed by atoms with van der Waals surface area (Å²) in [6.07, 6.45) is 5.27. The summed E-state index contributed by atoms with van der Waals surface area (Å²) >= 11 is 0. The monoisotopic (exact) mass is 354 g/mol. The molecule has 0 bridgehead atoms. The van der Waals surface area contributed by atoms with Crippen molar-refractivity contribution in [3.63, 3.8) is 0 Å². The van der Waals surface area contributed by atoms with Gasteiger partial charge in [-0.3, -0.25) is 9.48 Å². The van der Waals surface area contributed by atoms with E-state index in [1.165, 1.54) is 0 Å². The Labute approximate surface area is 151 Å². The Hall–Kier alpha value is -2.90. The summed E-state index contributed by atoms with van der Waals surface area (Å²) in [7, 11) is 1.95. The van der Waals surface area contributed by atoms with Crippen LogP contribution >= 0.6 is 0 Å². The van der Waals surface area contributed by atoms with Crippen molar-refractivity contribution in [2.45, 2.75) is 32.2 Å². The van der Waals surface area contributed by atoms with Crippen molar-refractivity contribution < 1.29 is 9.32 Å². The maximum Gasteiger partial charge on any atom is 0.272 e. The summed E-state index contributed by atoms with van der Waals surface area (Å²) in [5.41, 5.74) is 1.58. The molecule has 0 unspecified atom stereocenters. The van der Waals surface area contributed by atoms with Gasteiger partial charge in [-0.1, -0.05) is 5.16 Å². The third-order valence-corrected chi connectivity index (χ3v) is 4.98. The lowest BCUT2D eigenvalue weighted by Gasteiger charge is -2.30. The first-order chi connectivity index (χ1) is 12.7. The lowest BCUT2D eigenvalue weighted by molar-refractivity contribution is 0.0692. The Morgan fingerprint density at radius 2 is 2.12 bits per heavy atom. The van der Waals surface area contributed by atoms with Crippen LogP contribution in [0.4, 0.5) is 0 Å². The first-order valence-electron chi connectivity index (χ1n) is 8.93. The zero-order valence-electron chi connectivity index (χ0n) is 15.0. The van der Waals surface area contributed by atoms with Gasteiger partial charge in [-0.25, -0.2) is 0 Å². The Morgan fingerprint density at radius 3 is 2.81 bits per heavy atom. The molecule has 3 aromatic heterocycles. The largest absolute Gasteiger partial charge is 0.348 e. The van der Waals surface area contributed by atoms with Gasteiger partial charge in [0.1, 0.15) is 5.69 Å². The first-order valence-corrected chi connectivity index (χ1v) is 8.93. The van der Waals surface area contributed by atoms with Crippen molar-refractivity contribution in [3.05, 3.63) is 42.2 Å². The topological polar surface area (TPSA) is 82.0 Å². The van der Waals surface area contributed by atoms with E-state index < -0.39 is 0 Å². The van der Waals surface area contributed by atoms with Gasteiger partial charge in [0.15, 0.2) is 0 Å². The normalized spacial score (nSPS) is 15.5. The molecule has 0 saturated carbocycles. The highest BCUT2D eigenvalue weighted by Crippen LogP contribution is 2.29. The molecular weight excluding hydrogens is 332 g/mol. The second-order valence-electron chi connectivity index (χ2n) is 6.56. The van der Waals surface area contributed by atoms with Crippen molar-refractivity contribution in [2.75, 3.05) is 13.1 Å². The van der Waals surface area contributed by atoms with Crippen LogP contribution in [0.25, 0.3) is 11.5 Å². The minimum Gasteiger partial charge on any atom is -0.348 e. The van der Waals surface area contributed by atoms with E-state index in [9.17, 15) is 4.79 Å². The molecule has 1 saturated heterocycles. The molecule has 0 N–H and O–H groups in total. The summed E-state index contributed by atoms with van der Waals surface area (Å²) in [5, 5.41) is 8.29. The number of carbonyl (C=O) groups excluding carboxylic acids is 1. The maximum absolute atomic E-state index is 12.7. The fourth-order valence-electron chi connectivity index (χ4n) is 3.46. The van der Waals surface area contributed by atoms with Crippen LogP contribution in [0, 0.1) is 0 Å². The Morgan fingerprint density at radius 1 is 1.31 bits per heavy atom. The number of rotatable bonds is 4. The van der Waals surface area contributed by atoms with E-state index in [4.69, 9.17) is 4.52 Å². The van der Waals surface area contributed by atoms with Gasteiger partial charge in [-0.05, 0) is 38.0 Å². The van der Waals surface area contributed by atoms with Crippen molar-refractivity contribution in [3.8, 4) is 11.5 Å². The van der Waals surface area contributed by atoms with Crippen molar-refractivity contribution in [2.24, 2.45) is 7.05 Å². The van der Waals surface area contributed by atoms with Crippen LogP contribution in [-0.4, -0.2) is 48.4 Å². The number of hydrogen-bond donors (Lipinski definition) is 0. The number of aromatic nitrogens is 5. The molecule has 8 nitrogen and oxygen atoms in total. The van der Waals surface area contributed by atoms with Gasteiger partial charge in [-0.15, -0.1) is 0 Å². The highest BCUT2D eigenvalue weighted by atomic mass is 16.5. The van der Waals surface area contributed by atoms with Crippen LogP contribution in [0.5, 0.6) is 0 Å². The summed E-state index contributed by atoms with van der Waals surface area (Å²) in [6.45, 7) is 4.03. The number of hydrogen-bond acceptors (Lipinski definition) is 5. The molecule has 1 amide bonds. The minimum absolute atomic E-state index is 0.0397. The SMILES string of the molecule is CCn1nccc1C(=O)N1CCC(c2nc(-c3cccn3C)no2)CC1. The number of nitrogens with zero attached hydrogens (tertiary/aromatic N) is 6. The smallest absolute Gasteiger partial charge is 0.272 e.